The van der Waals surface area contributed by atoms with Gasteiger partial charge < -0.3 is 19.4 Å². The van der Waals surface area contributed by atoms with E-state index in [2.05, 4.69) is 5.32 Å². The van der Waals surface area contributed by atoms with Crippen LogP contribution in [0.1, 0.15) is 20.3 Å². The maximum atomic E-state index is 12.4. The molecular weight excluding hydrogens is 356 g/mol. The monoisotopic (exact) mass is 380 g/mol. The molecule has 6 nitrogen and oxygen atoms in total. The summed E-state index contributed by atoms with van der Waals surface area (Å²) in [6.45, 7) is 4.41. The fourth-order valence-corrected chi connectivity index (χ4v) is 2.94. The summed E-state index contributed by atoms with van der Waals surface area (Å²) in [5.41, 5.74) is 1.62. The van der Waals surface area contributed by atoms with Gasteiger partial charge in [-0.3, -0.25) is 9.59 Å². The first-order chi connectivity index (χ1) is 13.6. The van der Waals surface area contributed by atoms with Crippen molar-refractivity contribution in [2.24, 2.45) is 0 Å². The highest BCUT2D eigenvalue weighted by atomic mass is 16.5. The Morgan fingerprint density at radius 1 is 1.07 bits per heavy atom. The zero-order chi connectivity index (χ0) is 19.9. The number of carbonyl (C=O) groups excluding carboxylic acids is 2. The maximum Gasteiger partial charge on any atom is 0.308 e. The van der Waals surface area contributed by atoms with Gasteiger partial charge in [0, 0.05) is 18.3 Å². The van der Waals surface area contributed by atoms with Crippen LogP contribution in [0.2, 0.25) is 0 Å². The number of ether oxygens (including phenoxy) is 2. The van der Waals surface area contributed by atoms with Gasteiger partial charge in [-0.15, -0.1) is 0 Å². The zero-order valence-electron chi connectivity index (χ0n) is 16.1. The number of amides is 1. The average Bonchev–Trinajstić information content (AvgIpc) is 3.11. The number of hydrogen-bond acceptors (Lipinski definition) is 4. The lowest BCUT2D eigenvalue weighted by Crippen LogP contribution is -2.30. The highest BCUT2D eigenvalue weighted by Gasteiger charge is 2.19. The highest BCUT2D eigenvalue weighted by Crippen LogP contribution is 2.24. The predicted molar refractivity (Wildman–Crippen MR) is 108 cm³/mol. The zero-order valence-corrected chi connectivity index (χ0v) is 16.1. The van der Waals surface area contributed by atoms with Gasteiger partial charge in [-0.05, 0) is 43.5 Å². The summed E-state index contributed by atoms with van der Waals surface area (Å²) in [6, 6.07) is 17.1. The van der Waals surface area contributed by atoms with Crippen molar-refractivity contribution in [3.63, 3.8) is 0 Å². The van der Waals surface area contributed by atoms with Gasteiger partial charge in [-0.2, -0.15) is 0 Å². The smallest absolute Gasteiger partial charge is 0.308 e. The summed E-state index contributed by atoms with van der Waals surface area (Å²) in [4.78, 5) is 24.5. The average molecular weight is 380 g/mol. The van der Waals surface area contributed by atoms with Crippen molar-refractivity contribution in [2.45, 2.75) is 32.9 Å². The van der Waals surface area contributed by atoms with E-state index in [0.29, 0.717) is 24.6 Å². The van der Waals surface area contributed by atoms with Crippen molar-refractivity contribution in [3.8, 4) is 5.75 Å². The van der Waals surface area contributed by atoms with Crippen molar-refractivity contribution in [1.29, 1.82) is 0 Å². The van der Waals surface area contributed by atoms with Gasteiger partial charge in [0.25, 0.3) is 5.91 Å². The van der Waals surface area contributed by atoms with E-state index >= 15 is 0 Å². The van der Waals surface area contributed by atoms with E-state index in [4.69, 9.17) is 9.47 Å². The first-order valence-electron chi connectivity index (χ1n) is 9.34. The lowest BCUT2D eigenvalue weighted by molar-refractivity contribution is -0.153. The second kappa shape index (κ2) is 9.08. The molecule has 0 saturated heterocycles. The minimum Gasteiger partial charge on any atom is -0.492 e. The number of esters is 1. The molecule has 6 heteroatoms. The second-order valence-corrected chi connectivity index (χ2v) is 6.37. The Morgan fingerprint density at radius 2 is 1.82 bits per heavy atom. The van der Waals surface area contributed by atoms with Gasteiger partial charge in [0.1, 0.15) is 5.75 Å². The van der Waals surface area contributed by atoms with Crippen molar-refractivity contribution in [3.05, 3.63) is 60.8 Å². The molecule has 0 spiro atoms. The third-order valence-electron chi connectivity index (χ3n) is 4.36. The third kappa shape index (κ3) is 4.71. The van der Waals surface area contributed by atoms with E-state index in [-0.39, 0.29) is 6.42 Å². The molecule has 1 N–H and O–H groups in total. The van der Waals surface area contributed by atoms with Crippen molar-refractivity contribution < 1.29 is 19.1 Å². The maximum absolute atomic E-state index is 12.4. The molecule has 0 fully saturated rings. The Hall–Kier alpha value is -3.28. The van der Waals surface area contributed by atoms with Gasteiger partial charge in [0.15, 0.2) is 6.10 Å². The normalized spacial score (nSPS) is 11.8. The minimum absolute atomic E-state index is 0.186. The number of aromatic nitrogens is 1. The molecule has 3 rings (SSSR count). The summed E-state index contributed by atoms with van der Waals surface area (Å²) < 4.78 is 12.8. The lowest BCUT2D eigenvalue weighted by atomic mass is 10.2. The van der Waals surface area contributed by atoms with Gasteiger partial charge in [-0.25, -0.2) is 0 Å². The Morgan fingerprint density at radius 3 is 2.64 bits per heavy atom. The number of fused-ring (bicyclic) bond motifs is 1. The molecule has 2 aromatic carbocycles. The third-order valence-corrected chi connectivity index (χ3v) is 4.36. The van der Waals surface area contributed by atoms with E-state index in [1.165, 1.54) is 0 Å². The van der Waals surface area contributed by atoms with Gasteiger partial charge in [0.05, 0.1) is 18.7 Å². The predicted octanol–water partition coefficient (Wildman–Crippen LogP) is 4.00. The molecule has 0 aliphatic rings. The van der Waals surface area contributed by atoms with Crippen molar-refractivity contribution in [2.75, 3.05) is 11.9 Å². The number of para-hydroxylation sites is 3. The fraction of sp³-hybridized carbons (Fsp3) is 0.273. The standard InChI is InChI=1S/C22H24N2O4/c1-3-27-20-11-7-5-9-18(20)23-22(26)16(2)28-21(25)13-15-24-14-12-17-8-4-6-10-19(17)24/h4-12,14,16H,3,13,15H2,1-2H3,(H,23,26). The summed E-state index contributed by atoms with van der Waals surface area (Å²) >= 11 is 0. The number of nitrogens with one attached hydrogen (secondary N) is 1. The van der Waals surface area contributed by atoms with E-state index in [1.54, 1.807) is 25.1 Å². The van der Waals surface area contributed by atoms with Crippen molar-refractivity contribution in [1.82, 2.24) is 4.57 Å². The Balaban J connectivity index is 1.53. The molecule has 0 aliphatic heterocycles. The van der Waals surface area contributed by atoms with Crippen LogP contribution in [0.15, 0.2) is 60.8 Å². The van der Waals surface area contributed by atoms with Crippen LogP contribution in [0.5, 0.6) is 5.75 Å². The second-order valence-electron chi connectivity index (χ2n) is 6.37. The van der Waals surface area contributed by atoms with Gasteiger partial charge >= 0.3 is 5.97 Å². The molecule has 146 valence electrons. The molecule has 1 amide bonds. The summed E-state index contributed by atoms with van der Waals surface area (Å²) in [5, 5.41) is 3.87. The SMILES string of the molecule is CCOc1ccccc1NC(=O)C(C)OC(=O)CCn1ccc2ccccc21. The molecule has 0 radical (unpaired) electrons. The van der Waals surface area contributed by atoms with E-state index in [1.807, 2.05) is 54.1 Å². The molecule has 1 aromatic heterocycles. The largest absolute Gasteiger partial charge is 0.492 e. The molecule has 0 aliphatic carbocycles. The van der Waals surface area contributed by atoms with Crippen LogP contribution >= 0.6 is 0 Å². The van der Waals surface area contributed by atoms with Gasteiger partial charge in [-0.1, -0.05) is 30.3 Å². The van der Waals surface area contributed by atoms with Crippen LogP contribution in [0, 0.1) is 0 Å². The molecular formula is C22H24N2O4. The number of anilines is 1. The minimum atomic E-state index is -0.899. The Kier molecular flexibility index (Phi) is 6.32. The summed E-state index contributed by atoms with van der Waals surface area (Å²) in [5.74, 6) is -0.234. The number of carbonyl (C=O) groups is 2. The fourth-order valence-electron chi connectivity index (χ4n) is 2.94. The molecule has 3 aromatic rings. The lowest BCUT2D eigenvalue weighted by Gasteiger charge is -2.16. The first-order valence-corrected chi connectivity index (χ1v) is 9.34. The highest BCUT2D eigenvalue weighted by molar-refractivity contribution is 5.96. The van der Waals surface area contributed by atoms with Crippen LogP contribution in [0.3, 0.4) is 0 Å². The molecule has 1 unspecified atom stereocenters. The Labute approximate surface area is 164 Å². The van der Waals surface area contributed by atoms with Crippen LogP contribution in [0.4, 0.5) is 5.69 Å². The topological polar surface area (TPSA) is 69.6 Å². The number of nitrogens with zero attached hydrogens (tertiary/aromatic N) is 1. The molecule has 0 saturated carbocycles. The summed E-state index contributed by atoms with van der Waals surface area (Å²) in [6.07, 6.45) is 1.23. The van der Waals surface area contributed by atoms with Crippen LogP contribution in [-0.2, 0) is 20.9 Å². The van der Waals surface area contributed by atoms with Crippen LogP contribution in [0.25, 0.3) is 10.9 Å². The number of hydrogen-bond donors (Lipinski definition) is 1. The molecule has 1 heterocycles. The summed E-state index contributed by atoms with van der Waals surface area (Å²) in [7, 11) is 0. The number of benzene rings is 2. The quantitative estimate of drug-likeness (QED) is 0.600. The van der Waals surface area contributed by atoms with E-state index in [0.717, 1.165) is 10.9 Å². The van der Waals surface area contributed by atoms with E-state index < -0.39 is 18.0 Å². The van der Waals surface area contributed by atoms with E-state index in [9.17, 15) is 9.59 Å². The van der Waals surface area contributed by atoms with Gasteiger partial charge in [0.2, 0.25) is 0 Å². The van der Waals surface area contributed by atoms with Crippen molar-refractivity contribution >= 4 is 28.5 Å². The number of rotatable bonds is 8. The molecule has 1 atom stereocenters. The van der Waals surface area contributed by atoms with Crippen LogP contribution in [-0.4, -0.2) is 29.2 Å². The Bertz CT molecular complexity index is 964. The molecule has 0 bridgehead atoms. The van der Waals surface area contributed by atoms with Crippen LogP contribution < -0.4 is 10.1 Å². The molecule has 28 heavy (non-hydrogen) atoms. The number of aryl methyl sites for hydroxylation is 1. The first kappa shape index (κ1) is 19.5.